The third kappa shape index (κ3) is 11.3. The maximum absolute atomic E-state index is 3.99. The van der Waals surface area contributed by atoms with Crippen molar-refractivity contribution in [2.24, 2.45) is 5.92 Å². The summed E-state index contributed by atoms with van der Waals surface area (Å²) >= 11 is 0. The summed E-state index contributed by atoms with van der Waals surface area (Å²) < 4.78 is 0. The van der Waals surface area contributed by atoms with Gasteiger partial charge >= 0.3 is 0 Å². The first-order valence-corrected chi connectivity index (χ1v) is 19.9. The second-order valence-electron chi connectivity index (χ2n) is 12.0. The monoisotopic (exact) mass is 646 g/mol. The first-order chi connectivity index (χ1) is 22.6. The molecule has 0 bridgehead atoms. The van der Waals surface area contributed by atoms with Crippen molar-refractivity contribution in [2.75, 3.05) is 18.9 Å². The highest BCUT2D eigenvalue weighted by Gasteiger charge is 2.22. The zero-order valence-corrected chi connectivity index (χ0v) is 29.9. The average Bonchev–Trinajstić information content (AvgIpc) is 3.10. The topological polar surface area (TPSA) is 24.1 Å². The van der Waals surface area contributed by atoms with Crippen molar-refractivity contribution in [1.82, 2.24) is 10.6 Å². The van der Waals surface area contributed by atoms with Crippen LogP contribution < -0.4 is 31.9 Å². The molecule has 0 aliphatic heterocycles. The van der Waals surface area contributed by atoms with Gasteiger partial charge in [0.1, 0.15) is 0 Å². The predicted molar refractivity (Wildman–Crippen MR) is 207 cm³/mol. The Morgan fingerprint density at radius 2 is 0.870 bits per heavy atom. The lowest BCUT2D eigenvalue weighted by Crippen LogP contribution is -2.38. The van der Waals surface area contributed by atoms with Gasteiger partial charge in [-0.1, -0.05) is 180 Å². The molecule has 0 saturated carbocycles. The van der Waals surface area contributed by atoms with Crippen LogP contribution in [0.4, 0.5) is 0 Å². The van der Waals surface area contributed by atoms with Gasteiger partial charge in [0.15, 0.2) is 0 Å². The van der Waals surface area contributed by atoms with E-state index < -0.39 is 7.92 Å². The molecule has 0 spiro atoms. The number of rotatable bonds is 15. The zero-order chi connectivity index (χ0) is 32.4. The Morgan fingerprint density at radius 1 is 0.500 bits per heavy atom. The maximum Gasteiger partial charge on any atom is 0.0211 e. The molecular weight excluding hydrogens is 594 g/mol. The Labute approximate surface area is 281 Å². The highest BCUT2D eigenvalue weighted by atomic mass is 31.1. The molecule has 5 rings (SSSR count). The standard InChI is InChI=1S/C39H44N2P2.C3H8/c1-32(2)39(31-43(37-23-11-5-12-24-37)38-25-13-6-14-26-38)41-30-34-18-16-15-17-33(34)29-40-27-28-42(35-19-7-3-8-20-35)36-21-9-4-10-22-36;1-3-2/h3-26,32,39-41H,27-31H2,1-2H3;3H2,1-2H3. The Balaban J connectivity index is 0.00000154. The fourth-order valence-corrected chi connectivity index (χ4v) is 10.5. The van der Waals surface area contributed by atoms with E-state index in [1.807, 2.05) is 0 Å². The van der Waals surface area contributed by atoms with Crippen LogP contribution >= 0.6 is 15.8 Å². The van der Waals surface area contributed by atoms with Gasteiger partial charge in [0.2, 0.25) is 0 Å². The lowest BCUT2D eigenvalue weighted by Gasteiger charge is -2.29. The molecule has 0 saturated heterocycles. The fraction of sp³-hybridized carbons (Fsp3) is 0.286. The van der Waals surface area contributed by atoms with Gasteiger partial charge in [-0.05, 0) is 73.0 Å². The maximum atomic E-state index is 3.99. The summed E-state index contributed by atoms with van der Waals surface area (Å²) in [5, 5.41) is 13.6. The molecule has 0 aliphatic rings. The van der Waals surface area contributed by atoms with Crippen molar-refractivity contribution < 1.29 is 0 Å². The largest absolute Gasteiger partial charge is 0.312 e. The van der Waals surface area contributed by atoms with Crippen LogP contribution in [0.3, 0.4) is 0 Å². The van der Waals surface area contributed by atoms with Crippen molar-refractivity contribution in [2.45, 2.75) is 53.2 Å². The fourth-order valence-electron chi connectivity index (χ4n) is 5.46. The van der Waals surface area contributed by atoms with E-state index >= 15 is 0 Å². The summed E-state index contributed by atoms with van der Waals surface area (Å²) in [4.78, 5) is 0. The van der Waals surface area contributed by atoms with Gasteiger partial charge in [-0.25, -0.2) is 0 Å². The van der Waals surface area contributed by atoms with Crippen molar-refractivity contribution in [3.05, 3.63) is 157 Å². The van der Waals surface area contributed by atoms with E-state index in [9.17, 15) is 0 Å². The smallest absolute Gasteiger partial charge is 0.0211 e. The van der Waals surface area contributed by atoms with E-state index in [1.54, 1.807) is 0 Å². The summed E-state index contributed by atoms with van der Waals surface area (Å²) in [6.45, 7) is 11.7. The van der Waals surface area contributed by atoms with E-state index in [0.29, 0.717) is 12.0 Å². The van der Waals surface area contributed by atoms with E-state index in [1.165, 1.54) is 38.8 Å². The zero-order valence-electron chi connectivity index (χ0n) is 28.1. The van der Waals surface area contributed by atoms with Crippen LogP contribution in [0.1, 0.15) is 45.2 Å². The van der Waals surface area contributed by atoms with Crippen LogP contribution in [-0.2, 0) is 13.1 Å². The van der Waals surface area contributed by atoms with Gasteiger partial charge in [-0.15, -0.1) is 0 Å². The molecule has 2 nitrogen and oxygen atoms in total. The highest BCUT2D eigenvalue weighted by Crippen LogP contribution is 2.36. The quantitative estimate of drug-likeness (QED) is 0.0880. The minimum absolute atomic E-state index is 0.382. The summed E-state index contributed by atoms with van der Waals surface area (Å²) in [7, 11) is -0.823. The lowest BCUT2D eigenvalue weighted by atomic mass is 10.0. The normalized spacial score (nSPS) is 11.8. The van der Waals surface area contributed by atoms with Crippen LogP contribution in [0.15, 0.2) is 146 Å². The average molecular weight is 647 g/mol. The molecule has 0 amide bonds. The third-order valence-electron chi connectivity index (χ3n) is 7.96. The number of benzene rings is 5. The van der Waals surface area contributed by atoms with Gasteiger partial charge in [-0.3, -0.25) is 0 Å². The van der Waals surface area contributed by atoms with E-state index in [-0.39, 0.29) is 7.92 Å². The number of hydrogen-bond acceptors (Lipinski definition) is 2. The first-order valence-electron chi connectivity index (χ1n) is 16.9. The van der Waals surface area contributed by atoms with Crippen molar-refractivity contribution in [3.8, 4) is 0 Å². The molecule has 0 aliphatic carbocycles. The summed E-state index contributed by atoms with van der Waals surface area (Å²) in [6.07, 6.45) is 3.51. The van der Waals surface area contributed by atoms with Crippen molar-refractivity contribution in [3.63, 3.8) is 0 Å². The predicted octanol–water partition coefficient (Wildman–Crippen LogP) is 8.57. The molecule has 1 unspecified atom stereocenters. The highest BCUT2D eigenvalue weighted by molar-refractivity contribution is 7.73. The van der Waals surface area contributed by atoms with Crippen LogP contribution in [-0.4, -0.2) is 24.9 Å². The third-order valence-corrected chi connectivity index (χ3v) is 13.1. The molecule has 0 heterocycles. The van der Waals surface area contributed by atoms with Crippen LogP contribution in [0.25, 0.3) is 0 Å². The molecule has 0 radical (unpaired) electrons. The minimum atomic E-state index is -0.440. The van der Waals surface area contributed by atoms with Crippen molar-refractivity contribution >= 4 is 37.1 Å². The Hall–Kier alpha value is -3.12. The van der Waals surface area contributed by atoms with E-state index in [4.69, 9.17) is 0 Å². The van der Waals surface area contributed by atoms with Gasteiger partial charge in [0.25, 0.3) is 0 Å². The van der Waals surface area contributed by atoms with Gasteiger partial charge in [-0.2, -0.15) is 0 Å². The van der Waals surface area contributed by atoms with Crippen LogP contribution in [0, 0.1) is 5.92 Å². The second kappa shape index (κ2) is 20.2. The summed E-state index contributed by atoms with van der Waals surface area (Å²) in [5.74, 6) is 0.540. The Kier molecular flexibility index (Phi) is 15.7. The Morgan fingerprint density at radius 3 is 1.28 bits per heavy atom. The molecule has 0 fully saturated rings. The molecule has 240 valence electrons. The molecule has 0 aromatic heterocycles. The van der Waals surface area contributed by atoms with E-state index in [0.717, 1.165) is 32.0 Å². The molecule has 1 atom stereocenters. The van der Waals surface area contributed by atoms with Gasteiger partial charge < -0.3 is 10.6 Å². The number of hydrogen-bond donors (Lipinski definition) is 2. The number of nitrogens with one attached hydrogen (secondary N) is 2. The SMILES string of the molecule is CC(C)C(CP(c1ccccc1)c1ccccc1)NCc1ccccc1CNCCP(c1ccccc1)c1ccccc1.CCC. The molecule has 46 heavy (non-hydrogen) atoms. The summed E-state index contributed by atoms with van der Waals surface area (Å²) in [5.41, 5.74) is 2.77. The Bertz CT molecular complexity index is 1420. The first kappa shape index (κ1) is 35.7. The minimum Gasteiger partial charge on any atom is -0.312 e. The molecular formula is C42H52N2P2. The lowest BCUT2D eigenvalue weighted by molar-refractivity contribution is 0.430. The van der Waals surface area contributed by atoms with Gasteiger partial charge in [0.05, 0.1) is 0 Å². The molecule has 4 heteroatoms. The van der Waals surface area contributed by atoms with Crippen molar-refractivity contribution in [1.29, 1.82) is 0 Å². The molecule has 5 aromatic carbocycles. The van der Waals surface area contributed by atoms with Crippen LogP contribution in [0.5, 0.6) is 0 Å². The molecule has 5 aromatic rings. The van der Waals surface area contributed by atoms with Crippen LogP contribution in [0.2, 0.25) is 0 Å². The summed E-state index contributed by atoms with van der Waals surface area (Å²) in [6, 6.07) is 53.5. The van der Waals surface area contributed by atoms with Gasteiger partial charge in [0, 0.05) is 19.1 Å². The molecule has 2 N–H and O–H groups in total. The second-order valence-corrected chi connectivity index (χ2v) is 16.6. The van der Waals surface area contributed by atoms with E-state index in [2.05, 4.69) is 184 Å².